The third kappa shape index (κ3) is 28.6. The van der Waals surface area contributed by atoms with Crippen molar-refractivity contribution in [3.05, 3.63) is 144 Å². The van der Waals surface area contributed by atoms with Crippen molar-refractivity contribution in [2.45, 2.75) is 137 Å². The first-order chi connectivity index (χ1) is 34.6. The molecule has 4 aromatic rings. The van der Waals surface area contributed by atoms with E-state index in [1.807, 2.05) is 121 Å². The molecule has 0 aliphatic carbocycles. The summed E-state index contributed by atoms with van der Waals surface area (Å²) in [7, 11) is -1.00. The Morgan fingerprint density at radius 1 is 0.526 bits per heavy atom. The molecule has 4 amide bonds. The van der Waals surface area contributed by atoms with Crippen LogP contribution in [0.1, 0.15) is 112 Å². The Morgan fingerprint density at radius 3 is 1.05 bits per heavy atom. The van der Waals surface area contributed by atoms with Crippen molar-refractivity contribution in [1.29, 1.82) is 0 Å². The Labute approximate surface area is 467 Å². The number of esters is 1. The molecule has 6 rings (SSSR count). The average Bonchev–Trinajstić information content (AvgIpc) is 3.85. The van der Waals surface area contributed by atoms with Crippen molar-refractivity contribution < 1.29 is 123 Å². The van der Waals surface area contributed by atoms with Crippen molar-refractivity contribution in [3.63, 3.8) is 0 Å². The van der Waals surface area contributed by atoms with E-state index in [1.165, 1.54) is 41.5 Å². The zero-order valence-corrected chi connectivity index (χ0v) is 45.7. The van der Waals surface area contributed by atoms with Gasteiger partial charge in [0, 0.05) is 25.7 Å². The number of carboxylic acid groups (broad SMARTS) is 2. The molecule has 414 valence electrons. The summed E-state index contributed by atoms with van der Waals surface area (Å²) in [6.45, 7) is 13.2. The maximum Gasteiger partial charge on any atom is 1.00 e. The Bertz CT molecular complexity index is 2360. The van der Waals surface area contributed by atoms with E-state index in [2.05, 4.69) is 0 Å². The molecule has 2 aliphatic rings. The van der Waals surface area contributed by atoms with E-state index < -0.39 is 71.1 Å². The molecular weight excluding hydrogens is 1010 g/mol. The van der Waals surface area contributed by atoms with Crippen LogP contribution in [0.25, 0.3) is 0 Å². The second-order valence-electron chi connectivity index (χ2n) is 17.6. The SMILES string of the molecule is C.CC(C)(O)C(=O)O.CC(C)(OCc1ccccc1)C(=O)O.CC(C)(OCc1ccccc1)C(=O)OCc1ccccc1.CC(C)(OCc1ccccc1)C(=O)ON1C(=O)CCC1=O.O=C1CCC(=O)N1O.[2H]CF.[Na+].[OH-]. The molecule has 2 heterocycles. The first-order valence-corrected chi connectivity index (χ1v) is 22.5. The number of hydroxylamine groups is 4. The maximum atomic E-state index is 12.1. The summed E-state index contributed by atoms with van der Waals surface area (Å²) in [5, 5.41) is 34.4. The molecule has 2 aliphatic heterocycles. The number of hydrogen-bond donors (Lipinski definition) is 4. The topological polar surface area (TPSA) is 300 Å². The van der Waals surface area contributed by atoms with E-state index in [4.69, 9.17) is 45.7 Å². The zero-order valence-electron chi connectivity index (χ0n) is 44.7. The number of ether oxygens (including phenoxy) is 4. The van der Waals surface area contributed by atoms with E-state index in [0.29, 0.717) is 18.3 Å². The molecule has 0 aromatic heterocycles. The van der Waals surface area contributed by atoms with Gasteiger partial charge in [-0.1, -0.05) is 129 Å². The quantitative estimate of drug-likeness (QED) is 0.0507. The first-order valence-electron chi connectivity index (χ1n) is 23.2. The van der Waals surface area contributed by atoms with Crippen LogP contribution in [0, 0.1) is 0 Å². The van der Waals surface area contributed by atoms with E-state index in [-0.39, 0.29) is 92.4 Å². The van der Waals surface area contributed by atoms with Crippen molar-refractivity contribution in [3.8, 4) is 0 Å². The summed E-state index contributed by atoms with van der Waals surface area (Å²) < 4.78 is 37.3. The summed E-state index contributed by atoms with van der Waals surface area (Å²) in [6, 6.07) is 38.2. The van der Waals surface area contributed by atoms with Crippen molar-refractivity contribution in [2.24, 2.45) is 0 Å². The fourth-order valence-electron chi connectivity index (χ4n) is 5.01. The van der Waals surface area contributed by atoms with Gasteiger partial charge in [-0.2, -0.15) is 5.06 Å². The van der Waals surface area contributed by atoms with Crippen LogP contribution in [0.4, 0.5) is 4.39 Å². The van der Waals surface area contributed by atoms with Gasteiger partial charge in [-0.05, 0) is 77.6 Å². The number of benzene rings is 4. The van der Waals surface area contributed by atoms with Crippen LogP contribution in [-0.2, 0) is 88.6 Å². The minimum Gasteiger partial charge on any atom is -0.870 e. The number of nitrogens with zero attached hydrogens (tertiary/aromatic N) is 2. The monoisotopic (exact) mass is 1080 g/mol. The summed E-state index contributed by atoms with van der Waals surface area (Å²) in [6.07, 6.45) is 0.430. The van der Waals surface area contributed by atoms with Crippen molar-refractivity contribution in [1.82, 2.24) is 10.1 Å². The summed E-state index contributed by atoms with van der Waals surface area (Å²) in [4.78, 5) is 92.8. The van der Waals surface area contributed by atoms with E-state index in [0.717, 1.165) is 22.3 Å². The van der Waals surface area contributed by atoms with Crippen LogP contribution < -0.4 is 29.6 Å². The number of amides is 4. The van der Waals surface area contributed by atoms with Gasteiger partial charge in [-0.3, -0.25) is 28.8 Å². The van der Waals surface area contributed by atoms with Gasteiger partial charge in [-0.25, -0.2) is 19.2 Å². The van der Waals surface area contributed by atoms with Gasteiger partial charge >= 0.3 is 53.4 Å². The molecule has 2 saturated heterocycles. The predicted octanol–water partition coefficient (Wildman–Crippen LogP) is 4.80. The zero-order chi connectivity index (χ0) is 56.1. The number of aliphatic carboxylic acids is 2. The average molecular weight is 1080 g/mol. The maximum absolute atomic E-state index is 12.1. The van der Waals surface area contributed by atoms with Crippen LogP contribution in [0.5, 0.6) is 0 Å². The number of hydrogen-bond acceptors (Lipinski definition) is 16. The third-order valence-electron chi connectivity index (χ3n) is 9.77. The van der Waals surface area contributed by atoms with Gasteiger partial charge in [0.25, 0.3) is 23.6 Å². The van der Waals surface area contributed by atoms with Gasteiger partial charge < -0.3 is 44.6 Å². The number of halogens is 1. The summed E-state index contributed by atoms with van der Waals surface area (Å²) in [5.41, 5.74) is -1.07. The largest absolute Gasteiger partial charge is 1.00 e. The number of aliphatic hydroxyl groups is 1. The van der Waals surface area contributed by atoms with Crippen molar-refractivity contribution in [2.75, 3.05) is 7.15 Å². The Morgan fingerprint density at radius 2 is 0.789 bits per heavy atom. The minimum atomic E-state index is -1.58. The smallest absolute Gasteiger partial charge is 0.870 e. The summed E-state index contributed by atoms with van der Waals surface area (Å²) >= 11 is 0. The molecule has 0 bridgehead atoms. The molecule has 4 aromatic carbocycles. The number of carbonyl (C=O) groups excluding carboxylic acids is 6. The van der Waals surface area contributed by atoms with E-state index >= 15 is 0 Å². The number of carboxylic acids is 2. The number of alkyl halides is 1. The molecule has 0 unspecified atom stereocenters. The molecule has 5 N–H and O–H groups in total. The van der Waals surface area contributed by atoms with Crippen LogP contribution in [0.3, 0.4) is 0 Å². The normalized spacial score (nSPS) is 12.9. The van der Waals surface area contributed by atoms with Gasteiger partial charge in [0.2, 0.25) is 0 Å². The van der Waals surface area contributed by atoms with Crippen LogP contribution in [-0.4, -0.2) is 113 Å². The standard InChI is InChI=1S/C18H20O3.C15H17NO5.C11H14O3.C4H5NO3.C4H8O3.CH3F.CH4.Na.H2O/c1-18(2,21-14-16-11-7-4-8-12-16)17(19)20-13-15-9-5-3-6-10-15;1-15(2,20-10-11-6-4-3-5-7-11)14(19)21-16-12(17)8-9-13(16)18;1-11(2,10(12)13)14-8-9-6-4-3-5-7-9;6-3-1-2-4(7)5(3)8;1-4(2,7)3(5)6;1-2;;;/h3-12H,13-14H2,1-2H3;3-7H,8-10H2,1-2H3;3-7H,8H2,1-2H3,(H,12,13);8H,1-2H2;7H,1-2H3,(H,5,6);1H3;1H4;;1H2/q;;;;;;;+1;/p-1/i;;;;;1D;;;. The first kappa shape index (κ1) is 71.8. The number of rotatable bonds is 16. The van der Waals surface area contributed by atoms with E-state index in [9.17, 15) is 42.7 Å². The molecule has 76 heavy (non-hydrogen) atoms. The van der Waals surface area contributed by atoms with Crippen LogP contribution >= 0.6 is 0 Å². The number of carbonyl (C=O) groups is 8. The number of imide groups is 2. The molecular formula is C54H72FN2NaO18. The fraction of sp³-hybridized carbons (Fsp3) is 0.407. The Balaban J connectivity index is -0.000000915. The third-order valence-corrected chi connectivity index (χ3v) is 9.77. The predicted molar refractivity (Wildman–Crippen MR) is 269 cm³/mol. The molecule has 0 atom stereocenters. The van der Waals surface area contributed by atoms with Gasteiger partial charge in [-0.15, -0.1) is 5.06 Å². The molecule has 2 fully saturated rings. The molecule has 22 heteroatoms. The van der Waals surface area contributed by atoms with Crippen LogP contribution in [0.2, 0.25) is 0 Å². The van der Waals surface area contributed by atoms with Gasteiger partial charge in [0.15, 0.2) is 22.4 Å². The second-order valence-corrected chi connectivity index (χ2v) is 17.6. The molecule has 0 saturated carbocycles. The fourth-order valence-corrected chi connectivity index (χ4v) is 5.01. The van der Waals surface area contributed by atoms with Gasteiger partial charge in [0.05, 0.1) is 28.3 Å². The van der Waals surface area contributed by atoms with Crippen molar-refractivity contribution >= 4 is 47.5 Å². The van der Waals surface area contributed by atoms with Gasteiger partial charge in [0.1, 0.15) is 6.61 Å². The Hall–Kier alpha value is -6.27. The summed E-state index contributed by atoms with van der Waals surface area (Å²) in [5.74, 6) is -5.31. The second kappa shape index (κ2) is 36.7. The van der Waals surface area contributed by atoms with Crippen LogP contribution in [0.15, 0.2) is 121 Å². The Kier molecular flexibility index (Phi) is 34.6. The molecule has 0 radical (unpaired) electrons. The van der Waals surface area contributed by atoms with E-state index in [1.54, 1.807) is 13.8 Å². The molecule has 0 spiro atoms. The molecule has 20 nitrogen and oxygen atoms in total. The minimum absolute atomic E-state index is 0.